The predicted octanol–water partition coefficient (Wildman–Crippen LogP) is 3.20. The maximum atomic E-state index is 10.6. The van der Waals surface area contributed by atoms with E-state index in [-0.39, 0.29) is 0 Å². The summed E-state index contributed by atoms with van der Waals surface area (Å²) < 4.78 is 0.788. The molecule has 1 aromatic carbocycles. The molecule has 0 aliphatic heterocycles. The predicted molar refractivity (Wildman–Crippen MR) is 65.7 cm³/mol. The summed E-state index contributed by atoms with van der Waals surface area (Å²) >= 11 is 4.84. The van der Waals surface area contributed by atoms with Crippen LogP contribution in [-0.4, -0.2) is 16.3 Å². The summed E-state index contributed by atoms with van der Waals surface area (Å²) in [4.78, 5) is 19.8. The highest BCUT2D eigenvalue weighted by Crippen LogP contribution is 2.28. The van der Waals surface area contributed by atoms with Gasteiger partial charge in [0, 0.05) is 27.3 Å². The van der Waals surface area contributed by atoms with Crippen LogP contribution in [0, 0.1) is 0 Å². The minimum absolute atomic E-state index is 0.642. The lowest BCUT2D eigenvalue weighted by Crippen LogP contribution is -1.84. The summed E-state index contributed by atoms with van der Waals surface area (Å²) in [5.41, 5.74) is 0.642. The number of halogens is 1. The lowest BCUT2D eigenvalue weighted by Gasteiger charge is -2.02. The molecule has 3 nitrogen and oxygen atoms in total. The van der Waals surface area contributed by atoms with Crippen molar-refractivity contribution in [1.29, 1.82) is 0 Å². The van der Waals surface area contributed by atoms with Gasteiger partial charge < -0.3 is 0 Å². The summed E-state index contributed by atoms with van der Waals surface area (Å²) in [6, 6.07) is 5.55. The quantitative estimate of drug-likeness (QED) is 0.816. The van der Waals surface area contributed by atoms with Gasteiger partial charge in [0.15, 0.2) is 6.29 Å². The fourth-order valence-corrected chi connectivity index (χ4v) is 2.53. The first-order valence-corrected chi connectivity index (χ1v) is 6.09. The molecule has 16 heavy (non-hydrogen) atoms. The Morgan fingerprint density at radius 2 is 2.19 bits per heavy atom. The second-order valence-corrected chi connectivity index (χ2v) is 4.90. The Hall–Kier alpha value is -1.20. The Morgan fingerprint density at radius 1 is 1.31 bits per heavy atom. The lowest BCUT2D eigenvalue weighted by atomic mass is 10.2. The molecule has 0 fully saturated rings. The van der Waals surface area contributed by atoms with Gasteiger partial charge in [0.25, 0.3) is 0 Å². The van der Waals surface area contributed by atoms with E-state index in [0.29, 0.717) is 5.56 Å². The number of aldehydes is 1. The van der Waals surface area contributed by atoms with Gasteiger partial charge in [0.05, 0.1) is 6.20 Å². The Morgan fingerprint density at radius 3 is 2.81 bits per heavy atom. The van der Waals surface area contributed by atoms with Crippen molar-refractivity contribution in [2.24, 2.45) is 0 Å². The largest absolute Gasteiger partial charge is 0.298 e. The Balaban J connectivity index is 2.23. The van der Waals surface area contributed by atoms with Crippen LogP contribution in [0.3, 0.4) is 0 Å². The molecule has 0 saturated carbocycles. The van der Waals surface area contributed by atoms with E-state index in [1.807, 2.05) is 12.1 Å². The number of aromatic nitrogens is 2. The molecule has 0 bridgehead atoms. The van der Waals surface area contributed by atoms with Crippen molar-refractivity contribution in [3.8, 4) is 0 Å². The molecule has 1 aromatic heterocycles. The van der Waals surface area contributed by atoms with Crippen LogP contribution in [-0.2, 0) is 0 Å². The maximum Gasteiger partial charge on any atom is 0.151 e. The van der Waals surface area contributed by atoms with Gasteiger partial charge in [-0.15, -0.1) is 0 Å². The Kier molecular flexibility index (Phi) is 3.69. The zero-order valence-electron chi connectivity index (χ0n) is 8.13. The summed E-state index contributed by atoms with van der Waals surface area (Å²) in [6.45, 7) is 0. The molecule has 0 radical (unpaired) electrons. The van der Waals surface area contributed by atoms with Crippen molar-refractivity contribution in [3.05, 3.63) is 46.8 Å². The molecular formula is C11H7BrN2OS. The molecule has 0 saturated heterocycles. The molecule has 2 aromatic rings. The molecule has 5 heteroatoms. The van der Waals surface area contributed by atoms with Crippen molar-refractivity contribution < 1.29 is 4.79 Å². The topological polar surface area (TPSA) is 42.9 Å². The van der Waals surface area contributed by atoms with Gasteiger partial charge in [0.1, 0.15) is 5.03 Å². The van der Waals surface area contributed by atoms with Gasteiger partial charge in [-0.05, 0) is 18.2 Å². The van der Waals surface area contributed by atoms with Crippen LogP contribution in [0.25, 0.3) is 0 Å². The first kappa shape index (κ1) is 11.3. The first-order valence-electron chi connectivity index (χ1n) is 4.48. The standard InChI is InChI=1S/C11H7BrN2OS/c12-10-5-9(2-1-8(10)7-15)16-11-6-13-3-4-14-11/h1-7H. The molecule has 0 N–H and O–H groups in total. The normalized spacial score (nSPS) is 10.1. The van der Waals surface area contributed by atoms with Crippen molar-refractivity contribution in [3.63, 3.8) is 0 Å². The maximum absolute atomic E-state index is 10.6. The number of benzene rings is 1. The lowest BCUT2D eigenvalue weighted by molar-refractivity contribution is 0.112. The fraction of sp³-hybridized carbons (Fsp3) is 0. The van der Waals surface area contributed by atoms with Crippen LogP contribution in [0.5, 0.6) is 0 Å². The second-order valence-electron chi connectivity index (χ2n) is 2.95. The Bertz CT molecular complexity index is 505. The van der Waals surface area contributed by atoms with Gasteiger partial charge in [-0.2, -0.15) is 0 Å². The molecule has 0 aliphatic rings. The summed E-state index contributed by atoms with van der Waals surface area (Å²) in [7, 11) is 0. The molecule has 0 aliphatic carbocycles. The van der Waals surface area contributed by atoms with Crippen molar-refractivity contribution in [2.75, 3.05) is 0 Å². The van der Waals surface area contributed by atoms with Gasteiger partial charge in [0.2, 0.25) is 0 Å². The summed E-state index contributed by atoms with van der Waals surface area (Å²) in [6.07, 6.45) is 5.81. The van der Waals surface area contributed by atoms with E-state index in [9.17, 15) is 4.79 Å². The second kappa shape index (κ2) is 5.23. The van der Waals surface area contributed by atoms with Gasteiger partial charge in [-0.3, -0.25) is 9.78 Å². The molecule has 0 atom stereocenters. The van der Waals surface area contributed by atoms with Gasteiger partial charge >= 0.3 is 0 Å². The average Bonchev–Trinajstić information content (AvgIpc) is 2.31. The zero-order valence-corrected chi connectivity index (χ0v) is 10.5. The van der Waals surface area contributed by atoms with Crippen LogP contribution in [0.1, 0.15) is 10.4 Å². The number of hydrogen-bond donors (Lipinski definition) is 0. The molecule has 1 heterocycles. The molecule has 0 spiro atoms. The summed E-state index contributed by atoms with van der Waals surface area (Å²) in [5.74, 6) is 0. The van der Waals surface area contributed by atoms with E-state index in [1.54, 1.807) is 24.7 Å². The van der Waals surface area contributed by atoms with Gasteiger partial charge in [-0.25, -0.2) is 4.98 Å². The number of nitrogens with zero attached hydrogens (tertiary/aromatic N) is 2. The van der Waals surface area contributed by atoms with Crippen LogP contribution in [0.4, 0.5) is 0 Å². The van der Waals surface area contributed by atoms with E-state index in [1.165, 1.54) is 11.8 Å². The molecule has 0 unspecified atom stereocenters. The van der Waals surface area contributed by atoms with Crippen LogP contribution >= 0.6 is 27.7 Å². The van der Waals surface area contributed by atoms with Crippen molar-refractivity contribution in [2.45, 2.75) is 9.92 Å². The van der Waals surface area contributed by atoms with E-state index >= 15 is 0 Å². The molecular weight excluding hydrogens is 288 g/mol. The number of carbonyl (C=O) groups is 1. The van der Waals surface area contributed by atoms with Crippen LogP contribution in [0.15, 0.2) is 51.2 Å². The van der Waals surface area contributed by atoms with E-state index in [2.05, 4.69) is 25.9 Å². The third-order valence-corrected chi connectivity index (χ3v) is 3.46. The zero-order chi connectivity index (χ0) is 11.4. The summed E-state index contributed by atoms with van der Waals surface area (Å²) in [5, 5.41) is 0.827. The minimum Gasteiger partial charge on any atom is -0.298 e. The minimum atomic E-state index is 0.642. The monoisotopic (exact) mass is 294 g/mol. The fourth-order valence-electron chi connectivity index (χ4n) is 1.13. The number of rotatable bonds is 3. The molecule has 80 valence electrons. The molecule has 2 rings (SSSR count). The first-order chi connectivity index (χ1) is 7.79. The molecule has 0 amide bonds. The van der Waals surface area contributed by atoms with Crippen LogP contribution in [0.2, 0.25) is 0 Å². The van der Waals surface area contributed by atoms with Crippen molar-refractivity contribution in [1.82, 2.24) is 9.97 Å². The van der Waals surface area contributed by atoms with E-state index < -0.39 is 0 Å². The number of hydrogen-bond acceptors (Lipinski definition) is 4. The highest BCUT2D eigenvalue weighted by molar-refractivity contribution is 9.10. The third-order valence-electron chi connectivity index (χ3n) is 1.86. The van der Waals surface area contributed by atoms with Gasteiger partial charge in [-0.1, -0.05) is 27.7 Å². The third kappa shape index (κ3) is 2.68. The number of carbonyl (C=O) groups excluding carboxylic acids is 1. The van der Waals surface area contributed by atoms with E-state index in [0.717, 1.165) is 20.7 Å². The Labute approximate surface area is 105 Å². The van der Waals surface area contributed by atoms with Crippen LogP contribution < -0.4 is 0 Å². The average molecular weight is 295 g/mol. The highest BCUT2D eigenvalue weighted by atomic mass is 79.9. The van der Waals surface area contributed by atoms with Crippen molar-refractivity contribution >= 4 is 34.0 Å². The smallest absolute Gasteiger partial charge is 0.151 e. The highest BCUT2D eigenvalue weighted by Gasteiger charge is 2.02. The SMILES string of the molecule is O=Cc1ccc(Sc2cnccn2)cc1Br. The van der Waals surface area contributed by atoms with E-state index in [4.69, 9.17) is 0 Å².